The summed E-state index contributed by atoms with van der Waals surface area (Å²) in [6, 6.07) is 0. The molecule has 0 amide bonds. The largest absolute Gasteiger partial charge is 0.458 e. The molecule has 0 heterocycles. The summed E-state index contributed by atoms with van der Waals surface area (Å²) in [7, 11) is 0. The number of hydrogen-bond acceptors (Lipinski definition) is 3. The normalized spacial score (nSPS) is 11.5. The number of halogens is 1. The second-order valence-corrected chi connectivity index (χ2v) is 5.47. The molecular weight excluding hydrogens is 307 g/mol. The molecule has 0 unspecified atom stereocenters. The quantitative estimate of drug-likeness (QED) is 0.312. The Morgan fingerprint density at radius 2 is 1.87 bits per heavy atom. The molecule has 0 saturated heterocycles. The first-order valence-electron chi connectivity index (χ1n) is 5.31. The van der Waals surface area contributed by atoms with Gasteiger partial charge in [0.15, 0.2) is 0 Å². The highest BCUT2D eigenvalue weighted by Crippen LogP contribution is 2.07. The molecule has 0 atom stereocenters. The fraction of sp³-hybridized carbons (Fsp3) is 0.909. The van der Waals surface area contributed by atoms with Gasteiger partial charge in [-0.25, -0.2) is 4.79 Å². The van der Waals surface area contributed by atoms with Gasteiger partial charge in [0.05, 0.1) is 0 Å². The molecule has 0 aliphatic heterocycles. The van der Waals surface area contributed by atoms with E-state index in [0.717, 1.165) is 12.8 Å². The lowest BCUT2D eigenvalue weighted by atomic mass is 10.2. The van der Waals surface area contributed by atoms with Crippen LogP contribution >= 0.6 is 22.6 Å². The molecule has 0 aliphatic carbocycles. The number of hydrogen-bond donors (Lipinski definition) is 0. The summed E-state index contributed by atoms with van der Waals surface area (Å²) in [5.74, 6) is -0.281. The van der Waals surface area contributed by atoms with Crippen LogP contribution in [0.2, 0.25) is 0 Å². The summed E-state index contributed by atoms with van der Waals surface area (Å²) < 4.78 is 11.5. The van der Waals surface area contributed by atoms with Gasteiger partial charge in [0.25, 0.3) is 0 Å². The van der Waals surface area contributed by atoms with Crippen molar-refractivity contribution in [3.63, 3.8) is 0 Å². The van der Waals surface area contributed by atoms with Crippen LogP contribution in [0.25, 0.3) is 0 Å². The van der Waals surface area contributed by atoms with Gasteiger partial charge in [-0.05, 0) is 38.0 Å². The highest BCUT2D eigenvalue weighted by Gasteiger charge is 2.15. The zero-order valence-electron chi connectivity index (χ0n) is 9.85. The van der Waals surface area contributed by atoms with Crippen LogP contribution in [0.5, 0.6) is 0 Å². The van der Waals surface area contributed by atoms with E-state index in [9.17, 15) is 4.79 Å². The summed E-state index contributed by atoms with van der Waals surface area (Å²) in [5.41, 5.74) is -0.415. The average Bonchev–Trinajstić information content (AvgIpc) is 2.08. The van der Waals surface area contributed by atoms with Gasteiger partial charge in [-0.15, -0.1) is 0 Å². The van der Waals surface area contributed by atoms with E-state index in [1.807, 2.05) is 20.8 Å². The van der Waals surface area contributed by atoms with Crippen LogP contribution in [0.3, 0.4) is 0 Å². The van der Waals surface area contributed by atoms with E-state index in [1.165, 1.54) is 10.8 Å². The van der Waals surface area contributed by atoms with Crippen LogP contribution in [0.1, 0.15) is 40.0 Å². The second kappa shape index (κ2) is 8.33. The summed E-state index contributed by atoms with van der Waals surface area (Å²) >= 11 is 2.36. The molecule has 0 aromatic heterocycles. The van der Waals surface area contributed by atoms with Crippen molar-refractivity contribution in [3.05, 3.63) is 0 Å². The first-order chi connectivity index (χ1) is 6.95. The van der Waals surface area contributed by atoms with Gasteiger partial charge in [0.1, 0.15) is 12.2 Å². The van der Waals surface area contributed by atoms with E-state index in [0.29, 0.717) is 6.61 Å². The van der Waals surface area contributed by atoms with Crippen LogP contribution in [0.4, 0.5) is 0 Å². The van der Waals surface area contributed by atoms with Gasteiger partial charge < -0.3 is 9.47 Å². The monoisotopic (exact) mass is 328 g/mol. The lowest BCUT2D eigenvalue weighted by Crippen LogP contribution is -2.26. The molecule has 0 radical (unpaired) electrons. The predicted molar refractivity (Wildman–Crippen MR) is 69.4 cm³/mol. The van der Waals surface area contributed by atoms with Crippen LogP contribution < -0.4 is 0 Å². The molecule has 0 fully saturated rings. The van der Waals surface area contributed by atoms with Crippen LogP contribution in [-0.4, -0.2) is 29.2 Å². The van der Waals surface area contributed by atoms with Crippen molar-refractivity contribution in [1.29, 1.82) is 0 Å². The van der Waals surface area contributed by atoms with E-state index >= 15 is 0 Å². The minimum atomic E-state index is -0.415. The third kappa shape index (κ3) is 12.1. The van der Waals surface area contributed by atoms with E-state index in [4.69, 9.17) is 9.47 Å². The SMILES string of the molecule is CC(C)(C)OC(=O)COCCCCCI. The van der Waals surface area contributed by atoms with E-state index < -0.39 is 5.60 Å². The number of unbranched alkanes of at least 4 members (excludes halogenated alkanes) is 2. The predicted octanol–water partition coefficient (Wildman–Crippen LogP) is 2.95. The summed E-state index contributed by atoms with van der Waals surface area (Å²) in [5, 5.41) is 0. The van der Waals surface area contributed by atoms with Gasteiger partial charge in [-0.1, -0.05) is 29.0 Å². The molecule has 3 nitrogen and oxygen atoms in total. The second-order valence-electron chi connectivity index (χ2n) is 4.39. The Hall–Kier alpha value is 0.160. The number of carbonyl (C=O) groups excluding carboxylic acids is 1. The topological polar surface area (TPSA) is 35.5 Å². The molecule has 0 saturated carbocycles. The van der Waals surface area contributed by atoms with E-state index in [-0.39, 0.29) is 12.6 Å². The molecule has 0 N–H and O–H groups in total. The van der Waals surface area contributed by atoms with Crippen molar-refractivity contribution in [2.45, 2.75) is 45.6 Å². The van der Waals surface area contributed by atoms with Crippen molar-refractivity contribution in [2.24, 2.45) is 0 Å². The van der Waals surface area contributed by atoms with Crippen molar-refractivity contribution < 1.29 is 14.3 Å². The maximum atomic E-state index is 11.2. The van der Waals surface area contributed by atoms with Crippen LogP contribution in [-0.2, 0) is 14.3 Å². The molecule has 0 spiro atoms. The van der Waals surface area contributed by atoms with Crippen molar-refractivity contribution in [2.75, 3.05) is 17.6 Å². The van der Waals surface area contributed by atoms with Crippen molar-refractivity contribution in [3.8, 4) is 0 Å². The average molecular weight is 328 g/mol. The summed E-state index contributed by atoms with van der Waals surface area (Å²) in [4.78, 5) is 11.2. The van der Waals surface area contributed by atoms with Crippen molar-refractivity contribution >= 4 is 28.6 Å². The molecule has 4 heteroatoms. The molecule has 0 aromatic rings. The Bertz CT molecular complexity index is 175. The summed E-state index contributed by atoms with van der Waals surface area (Å²) in [6.07, 6.45) is 3.40. The Morgan fingerprint density at radius 1 is 1.20 bits per heavy atom. The Morgan fingerprint density at radius 3 is 2.40 bits per heavy atom. The maximum absolute atomic E-state index is 11.2. The lowest BCUT2D eigenvalue weighted by Gasteiger charge is -2.19. The standard InChI is InChI=1S/C11H21IO3/c1-11(2,3)15-10(13)9-14-8-6-4-5-7-12/h4-9H2,1-3H3. The Kier molecular flexibility index (Phi) is 8.42. The van der Waals surface area contributed by atoms with Gasteiger partial charge in [0, 0.05) is 6.61 Å². The number of rotatable bonds is 7. The molecule has 15 heavy (non-hydrogen) atoms. The van der Waals surface area contributed by atoms with Gasteiger partial charge in [0.2, 0.25) is 0 Å². The minimum absolute atomic E-state index is 0.0709. The Balaban J connectivity index is 3.32. The van der Waals surface area contributed by atoms with Crippen LogP contribution in [0, 0.1) is 0 Å². The number of alkyl halides is 1. The summed E-state index contributed by atoms with van der Waals surface area (Å²) in [6.45, 7) is 6.28. The third-order valence-corrected chi connectivity index (χ3v) is 2.33. The molecule has 0 aromatic carbocycles. The van der Waals surface area contributed by atoms with Crippen molar-refractivity contribution in [1.82, 2.24) is 0 Å². The molecular formula is C11H21IO3. The smallest absolute Gasteiger partial charge is 0.332 e. The first kappa shape index (κ1) is 15.2. The van der Waals surface area contributed by atoms with Gasteiger partial charge >= 0.3 is 5.97 Å². The number of esters is 1. The van der Waals surface area contributed by atoms with E-state index in [1.54, 1.807) is 0 Å². The lowest BCUT2D eigenvalue weighted by molar-refractivity contribution is -0.160. The number of carbonyl (C=O) groups is 1. The third-order valence-electron chi connectivity index (χ3n) is 1.56. The molecule has 0 rings (SSSR count). The number of ether oxygens (including phenoxy) is 2. The van der Waals surface area contributed by atoms with Crippen LogP contribution in [0.15, 0.2) is 0 Å². The van der Waals surface area contributed by atoms with Gasteiger partial charge in [-0.2, -0.15) is 0 Å². The zero-order chi connectivity index (χ0) is 11.7. The fourth-order valence-electron chi connectivity index (χ4n) is 1.00. The maximum Gasteiger partial charge on any atom is 0.332 e. The minimum Gasteiger partial charge on any atom is -0.458 e. The highest BCUT2D eigenvalue weighted by atomic mass is 127. The zero-order valence-corrected chi connectivity index (χ0v) is 12.0. The van der Waals surface area contributed by atoms with Gasteiger partial charge in [-0.3, -0.25) is 0 Å². The molecule has 90 valence electrons. The molecule has 0 aliphatic rings. The fourth-order valence-corrected chi connectivity index (χ4v) is 1.54. The highest BCUT2D eigenvalue weighted by molar-refractivity contribution is 14.1. The Labute approximate surface area is 106 Å². The molecule has 0 bridgehead atoms. The first-order valence-corrected chi connectivity index (χ1v) is 6.84. The van der Waals surface area contributed by atoms with E-state index in [2.05, 4.69) is 22.6 Å².